The molecule has 2 aromatic heterocycles. The number of benzene rings is 8. The topological polar surface area (TPSA) is 52.8 Å². The SMILES string of the molecule is CCCCOc1ccc2c3c(cccc13)C(/C=C/C=C1C=C(/C=C/C=c3/c4cccc5c(OCCCC)ccc(c54)n3CCCC)CC(C)(C)C/1)=[N+]2CCCC.CCCCn1c(=CC=CC2=CC(=CC=CC3=[N+](CCCC)c4cc5c(c6cccc3c46)OC(C)C5)CC(C)(C)C2)c2cccc3c4c(cc1c32)CC(C)O4.F[B-](F)(F)F.F[B-](F)(F)F. The van der Waals surface area contributed by atoms with Crippen molar-refractivity contribution in [1.82, 2.24) is 9.13 Å². The van der Waals surface area contributed by atoms with Crippen LogP contribution in [0.2, 0.25) is 0 Å². The number of hydrogen-bond donors (Lipinski definition) is 0. The summed E-state index contributed by atoms with van der Waals surface area (Å²) < 4.78 is 113. The van der Waals surface area contributed by atoms with Crippen LogP contribution in [0.25, 0.3) is 77.0 Å². The zero-order valence-electron chi connectivity index (χ0n) is 72.2. The lowest BCUT2D eigenvalue weighted by Crippen LogP contribution is -2.17. The van der Waals surface area contributed by atoms with E-state index in [0.717, 1.165) is 165 Å². The Morgan fingerprint density at radius 3 is 1.30 bits per heavy atom. The van der Waals surface area contributed by atoms with Gasteiger partial charge in [0.2, 0.25) is 22.8 Å². The van der Waals surface area contributed by atoms with Crippen LogP contribution in [-0.4, -0.2) is 82.7 Å². The second-order valence-corrected chi connectivity index (χ2v) is 34.8. The number of halogens is 8. The Morgan fingerprint density at radius 1 is 0.425 bits per heavy atom. The maximum absolute atomic E-state index is 9.75. The van der Waals surface area contributed by atoms with E-state index in [4.69, 9.17) is 18.9 Å². The van der Waals surface area contributed by atoms with Gasteiger partial charge in [-0.3, -0.25) is 0 Å². The van der Waals surface area contributed by atoms with Gasteiger partial charge >= 0.3 is 14.5 Å². The van der Waals surface area contributed by atoms with Crippen LogP contribution in [0, 0.1) is 10.8 Å². The summed E-state index contributed by atoms with van der Waals surface area (Å²) in [7, 11) is -12.0. The molecule has 0 spiro atoms. The summed E-state index contributed by atoms with van der Waals surface area (Å²) in [5.74, 6) is 4.18. The van der Waals surface area contributed by atoms with Gasteiger partial charge in [0.05, 0.1) is 40.6 Å². The minimum absolute atomic E-state index is 0.182. The summed E-state index contributed by atoms with van der Waals surface area (Å²) in [4.78, 5) is 0. The van der Waals surface area contributed by atoms with Crippen LogP contribution >= 0.6 is 0 Å². The Hall–Kier alpha value is -10.1. The zero-order chi connectivity index (χ0) is 85.2. The van der Waals surface area contributed by atoms with E-state index in [0.29, 0.717) is 0 Å². The van der Waals surface area contributed by atoms with Gasteiger partial charge in [-0.1, -0.05) is 229 Å². The highest BCUT2D eigenvalue weighted by Crippen LogP contribution is 2.48. The van der Waals surface area contributed by atoms with Gasteiger partial charge in [0.25, 0.3) is 0 Å². The average molecular weight is 1640 g/mol. The maximum atomic E-state index is 9.75. The number of fused-ring (bicyclic) bond motifs is 4. The standard InChI is InChI=1S/C52H63N2O2.C50H55N2O2.2BF4/c1-7-11-31-53-44(40-21-17-23-42-48(55-33-13-9-3)29-27-46(53)50(40)42)25-15-19-38-35-39(37-52(5,6)36-38)20-16-26-45-41-22-18-24-43-49(56-34-14-10-4)30-28-47(51(41)43)54(45)32-12-8-2;1-7-9-23-51-42(38-17-13-19-40-46(38)44(51)28-36-25-32(3)53-48(36)40)21-11-15-34-27-35(31-50(5,6)30-34)16-12-22-43-39-18-14-20-41-47(39)45(52(43)24-10-8-2)29-37-26-33(4)54-49(37)41;2*2-1(3,4)5/h15-30,35H,7-14,31-34,36-37H2,1-6H3;11-22,27-29,32-33H,7-10,23-26,30-31H2,1-6H3;;/q2*+1;2*-1. The van der Waals surface area contributed by atoms with Gasteiger partial charge in [0.15, 0.2) is 0 Å². The molecule has 10 aromatic rings. The smallest absolute Gasteiger partial charge is 0.493 e. The number of unbranched alkanes of at least 4 members (excludes halogenated alkanes) is 6. The summed E-state index contributed by atoms with van der Waals surface area (Å²) in [6.07, 6.45) is 53.2. The molecule has 8 aromatic carbocycles. The third-order valence-electron chi connectivity index (χ3n) is 23.6. The largest absolute Gasteiger partial charge is 0.673 e. The van der Waals surface area contributed by atoms with Gasteiger partial charge in [-0.15, -0.1) is 0 Å². The van der Waals surface area contributed by atoms with Crippen LogP contribution in [0.15, 0.2) is 204 Å². The van der Waals surface area contributed by atoms with E-state index in [1.807, 2.05) is 0 Å². The number of aromatic nitrogens is 2. The van der Waals surface area contributed by atoms with Crippen molar-refractivity contribution in [2.45, 2.75) is 224 Å². The lowest BCUT2D eigenvalue weighted by molar-refractivity contribution is -0.436. The molecule has 16 rings (SSSR count). The fraction of sp³-hybridized carbons (Fsp3) is 0.392. The molecule has 0 fully saturated rings. The number of nitrogens with zero attached hydrogens (tertiary/aromatic N) is 4. The van der Waals surface area contributed by atoms with Crippen LogP contribution in [-0.2, 0) is 25.9 Å². The number of hydrogen-bond acceptors (Lipinski definition) is 4. The summed E-state index contributed by atoms with van der Waals surface area (Å²) in [6.45, 7) is 33.1. The van der Waals surface area contributed by atoms with Gasteiger partial charge in [0, 0.05) is 133 Å². The normalized spacial score (nSPS) is 18.4. The summed E-state index contributed by atoms with van der Waals surface area (Å²) in [5.41, 5.74) is 19.1. The monoisotopic (exact) mass is 1640 g/mol. The first kappa shape index (κ1) is 87.7. The third-order valence-corrected chi connectivity index (χ3v) is 23.6. The van der Waals surface area contributed by atoms with E-state index in [1.54, 1.807) is 0 Å². The highest BCUT2D eigenvalue weighted by molar-refractivity contribution is 6.50. The molecule has 632 valence electrons. The number of aryl methyl sites for hydroxylation is 2. The molecule has 2 unspecified atom stereocenters. The molecule has 0 saturated heterocycles. The molecule has 8 nitrogen and oxygen atoms in total. The van der Waals surface area contributed by atoms with E-state index in [2.05, 4.69) is 296 Å². The molecule has 120 heavy (non-hydrogen) atoms. The molecule has 18 heteroatoms. The Morgan fingerprint density at radius 2 is 0.817 bits per heavy atom. The van der Waals surface area contributed by atoms with Crippen LogP contribution in [0.1, 0.15) is 208 Å². The van der Waals surface area contributed by atoms with Crippen molar-refractivity contribution in [3.8, 4) is 23.0 Å². The van der Waals surface area contributed by atoms with Gasteiger partial charge < -0.3 is 62.6 Å². The number of allylic oxidation sites excluding steroid dienone is 16. The maximum Gasteiger partial charge on any atom is 0.673 e. The van der Waals surface area contributed by atoms with E-state index in [9.17, 15) is 34.5 Å². The van der Waals surface area contributed by atoms with Crippen LogP contribution in [0.3, 0.4) is 0 Å². The van der Waals surface area contributed by atoms with Crippen molar-refractivity contribution in [3.63, 3.8) is 0 Å². The molecule has 2 aliphatic carbocycles. The molecule has 0 radical (unpaired) electrons. The minimum Gasteiger partial charge on any atom is -0.493 e. The second kappa shape index (κ2) is 38.3. The third kappa shape index (κ3) is 20.4. The van der Waals surface area contributed by atoms with E-state index in [1.165, 1.54) is 156 Å². The molecule has 0 N–H and O–H groups in total. The molecule has 0 saturated carbocycles. The minimum atomic E-state index is -6.00. The molecular formula is C102H118B2F8N4O4. The Bertz CT molecular complexity index is 5870. The highest BCUT2D eigenvalue weighted by atomic mass is 19.5. The summed E-state index contributed by atoms with van der Waals surface area (Å²) >= 11 is 0. The highest BCUT2D eigenvalue weighted by Gasteiger charge is 2.37. The van der Waals surface area contributed by atoms with Crippen molar-refractivity contribution >= 4 is 114 Å². The lowest BCUT2D eigenvalue weighted by Gasteiger charge is -2.30. The molecule has 0 amide bonds. The molecule has 6 aliphatic rings. The summed E-state index contributed by atoms with van der Waals surface area (Å²) in [5, 5.41) is 15.5. The molecule has 6 heterocycles. The van der Waals surface area contributed by atoms with E-state index >= 15 is 0 Å². The first-order valence-electron chi connectivity index (χ1n) is 44.0. The number of rotatable bonds is 28. The van der Waals surface area contributed by atoms with Crippen LogP contribution in [0.4, 0.5) is 45.9 Å². The lowest BCUT2D eigenvalue weighted by atomic mass is 9.75. The van der Waals surface area contributed by atoms with Crippen molar-refractivity contribution in [2.75, 3.05) is 26.3 Å². The fourth-order valence-electron chi connectivity index (χ4n) is 18.6. The Balaban J connectivity index is 0.000000186. The number of ether oxygens (including phenoxy) is 4. The Labute approximate surface area is 703 Å². The predicted octanol–water partition coefficient (Wildman–Crippen LogP) is 27.6. The van der Waals surface area contributed by atoms with Crippen LogP contribution in [0.5, 0.6) is 23.0 Å². The quantitative estimate of drug-likeness (QED) is 0.0212. The first-order chi connectivity index (χ1) is 57.6. The van der Waals surface area contributed by atoms with Gasteiger partial charge in [0.1, 0.15) is 48.3 Å². The van der Waals surface area contributed by atoms with Crippen molar-refractivity contribution in [2.24, 2.45) is 10.8 Å². The van der Waals surface area contributed by atoms with Gasteiger partial charge in [-0.05, 0) is 147 Å². The molecule has 0 bridgehead atoms. The van der Waals surface area contributed by atoms with E-state index < -0.39 is 14.5 Å². The second-order valence-electron chi connectivity index (χ2n) is 34.8. The molecule has 4 aliphatic heterocycles. The van der Waals surface area contributed by atoms with Crippen LogP contribution < -0.4 is 29.6 Å². The van der Waals surface area contributed by atoms with E-state index in [-0.39, 0.29) is 23.0 Å². The zero-order valence-corrected chi connectivity index (χ0v) is 72.2. The van der Waals surface area contributed by atoms with Crippen molar-refractivity contribution in [1.29, 1.82) is 0 Å². The van der Waals surface area contributed by atoms with Crippen molar-refractivity contribution < 1.29 is 62.6 Å². The summed E-state index contributed by atoms with van der Waals surface area (Å²) in [6, 6.07) is 40.7. The predicted molar refractivity (Wildman–Crippen MR) is 487 cm³/mol. The Kier molecular flexibility index (Phi) is 28.0. The average Bonchev–Trinajstić information content (AvgIpc) is 1.57. The molecular weight excluding hydrogens is 1520 g/mol. The van der Waals surface area contributed by atoms with Gasteiger partial charge in [-0.2, -0.15) is 9.15 Å². The molecule has 2 atom stereocenters. The fourth-order valence-corrected chi connectivity index (χ4v) is 18.6. The van der Waals surface area contributed by atoms with Crippen molar-refractivity contribution in [3.05, 3.63) is 237 Å². The first-order valence-corrected chi connectivity index (χ1v) is 44.0. The van der Waals surface area contributed by atoms with Gasteiger partial charge in [-0.25, -0.2) is 0 Å².